The fraction of sp³-hybridized carbons (Fsp3) is 0.571. The average Bonchev–Trinajstić information content (AvgIpc) is 2.48. The third kappa shape index (κ3) is 3.88. The molecular weight excluding hydrogens is 299 g/mol. The molecule has 0 radical (unpaired) electrons. The van der Waals surface area contributed by atoms with Gasteiger partial charge in [0, 0.05) is 18.8 Å². The topological polar surface area (TPSA) is 63.1 Å². The van der Waals surface area contributed by atoms with E-state index in [-0.39, 0.29) is 12.0 Å². The highest BCUT2D eigenvalue weighted by atomic mass is 19.4. The quantitative estimate of drug-likeness (QED) is 0.895. The Kier molecular flexibility index (Phi) is 4.90. The van der Waals surface area contributed by atoms with Gasteiger partial charge in [-0.3, -0.25) is 14.9 Å². The van der Waals surface area contributed by atoms with Crippen LogP contribution >= 0.6 is 0 Å². The van der Waals surface area contributed by atoms with Crippen LogP contribution in [0.5, 0.6) is 0 Å². The highest BCUT2D eigenvalue weighted by Crippen LogP contribution is 2.28. The van der Waals surface area contributed by atoms with Gasteiger partial charge in [0.2, 0.25) is 5.91 Å². The van der Waals surface area contributed by atoms with Crippen LogP contribution in [0, 0.1) is 0 Å². The summed E-state index contributed by atoms with van der Waals surface area (Å²) in [6.07, 6.45) is -2.21. The van der Waals surface area contributed by atoms with Crippen molar-refractivity contribution in [1.82, 2.24) is 9.88 Å². The fourth-order valence-corrected chi connectivity index (χ4v) is 2.48. The van der Waals surface area contributed by atoms with E-state index in [4.69, 9.17) is 0 Å². The van der Waals surface area contributed by atoms with Crippen molar-refractivity contribution >= 4 is 11.6 Å². The SMILES string of the molecule is CCn1cc(NC(=O)C2CCCC(C(F)(F)F)N2)ccc1=O. The number of amides is 1. The summed E-state index contributed by atoms with van der Waals surface area (Å²) in [7, 11) is 0. The lowest BCUT2D eigenvalue weighted by Crippen LogP contribution is -2.54. The molecule has 8 heteroatoms. The van der Waals surface area contributed by atoms with Crippen LogP contribution in [0.15, 0.2) is 23.1 Å². The van der Waals surface area contributed by atoms with Crippen LogP contribution < -0.4 is 16.2 Å². The number of carbonyl (C=O) groups excluding carboxylic acids is 1. The van der Waals surface area contributed by atoms with Crippen molar-refractivity contribution < 1.29 is 18.0 Å². The van der Waals surface area contributed by atoms with Crippen molar-refractivity contribution in [3.8, 4) is 0 Å². The number of nitrogens with one attached hydrogen (secondary N) is 2. The largest absolute Gasteiger partial charge is 0.403 e. The average molecular weight is 317 g/mol. The molecule has 0 saturated carbocycles. The molecule has 2 atom stereocenters. The van der Waals surface area contributed by atoms with Crippen molar-refractivity contribution in [2.75, 3.05) is 5.32 Å². The molecule has 2 heterocycles. The van der Waals surface area contributed by atoms with Crippen LogP contribution in [0.25, 0.3) is 0 Å². The molecule has 2 N–H and O–H groups in total. The van der Waals surface area contributed by atoms with E-state index >= 15 is 0 Å². The van der Waals surface area contributed by atoms with Crippen molar-refractivity contribution in [3.63, 3.8) is 0 Å². The molecule has 122 valence electrons. The number of alkyl halides is 3. The summed E-state index contributed by atoms with van der Waals surface area (Å²) in [5.74, 6) is -0.518. The molecule has 1 aromatic heterocycles. The molecule has 0 spiro atoms. The van der Waals surface area contributed by atoms with Gasteiger partial charge in [-0.1, -0.05) is 0 Å². The first-order valence-electron chi connectivity index (χ1n) is 7.15. The monoisotopic (exact) mass is 317 g/mol. The Balaban J connectivity index is 2.04. The highest BCUT2D eigenvalue weighted by molar-refractivity contribution is 5.94. The minimum absolute atomic E-state index is 0.0198. The zero-order chi connectivity index (χ0) is 16.3. The van der Waals surface area contributed by atoms with Crippen molar-refractivity contribution in [1.29, 1.82) is 0 Å². The second kappa shape index (κ2) is 6.51. The Morgan fingerprint density at radius 3 is 2.77 bits per heavy atom. The second-order valence-electron chi connectivity index (χ2n) is 5.28. The number of aryl methyl sites for hydroxylation is 1. The molecule has 0 aliphatic carbocycles. The number of hydrogen-bond acceptors (Lipinski definition) is 3. The van der Waals surface area contributed by atoms with Gasteiger partial charge < -0.3 is 9.88 Å². The van der Waals surface area contributed by atoms with E-state index in [1.165, 1.54) is 22.9 Å². The minimum atomic E-state index is -4.35. The standard InChI is InChI=1S/C14H18F3N3O2/c1-2-20-8-9(6-7-12(20)21)18-13(22)10-4-3-5-11(19-10)14(15,16)17/h6-8,10-11,19H,2-5H2,1H3,(H,18,22). The van der Waals surface area contributed by atoms with Gasteiger partial charge in [0.05, 0.1) is 11.7 Å². The highest BCUT2D eigenvalue weighted by Gasteiger charge is 2.43. The first kappa shape index (κ1) is 16.5. The molecule has 1 amide bonds. The Bertz CT molecular complexity index is 598. The van der Waals surface area contributed by atoms with Crippen LogP contribution in [0.1, 0.15) is 26.2 Å². The zero-order valence-corrected chi connectivity index (χ0v) is 12.1. The molecule has 0 aromatic carbocycles. The number of halogens is 3. The van der Waals surface area contributed by atoms with Crippen molar-refractivity contribution in [3.05, 3.63) is 28.7 Å². The van der Waals surface area contributed by atoms with Crippen molar-refractivity contribution in [2.24, 2.45) is 0 Å². The first-order chi connectivity index (χ1) is 10.3. The Morgan fingerprint density at radius 1 is 1.41 bits per heavy atom. The van der Waals surface area contributed by atoms with E-state index in [0.29, 0.717) is 25.1 Å². The van der Waals surface area contributed by atoms with Gasteiger partial charge in [-0.25, -0.2) is 0 Å². The van der Waals surface area contributed by atoms with Crippen LogP contribution in [-0.2, 0) is 11.3 Å². The number of hydrogen-bond donors (Lipinski definition) is 2. The normalized spacial score (nSPS) is 22.4. The molecule has 1 aliphatic rings. The number of aromatic nitrogens is 1. The molecule has 1 fully saturated rings. The summed E-state index contributed by atoms with van der Waals surface area (Å²) in [6.45, 7) is 2.23. The maximum Gasteiger partial charge on any atom is 0.403 e. The molecule has 1 aliphatic heterocycles. The molecule has 5 nitrogen and oxygen atoms in total. The molecule has 22 heavy (non-hydrogen) atoms. The summed E-state index contributed by atoms with van der Waals surface area (Å²) < 4.78 is 39.6. The van der Waals surface area contributed by atoms with Gasteiger partial charge in [0.25, 0.3) is 5.56 Å². The maximum absolute atomic E-state index is 12.7. The second-order valence-corrected chi connectivity index (χ2v) is 5.28. The van der Waals surface area contributed by atoms with Gasteiger partial charge in [-0.05, 0) is 32.3 Å². The summed E-state index contributed by atoms with van der Waals surface area (Å²) in [4.78, 5) is 23.6. The van der Waals surface area contributed by atoms with Crippen LogP contribution in [0.3, 0.4) is 0 Å². The van der Waals surface area contributed by atoms with Gasteiger partial charge >= 0.3 is 6.18 Å². The summed E-state index contributed by atoms with van der Waals surface area (Å²) >= 11 is 0. The first-order valence-corrected chi connectivity index (χ1v) is 7.15. The van der Waals surface area contributed by atoms with E-state index < -0.39 is 24.2 Å². The molecular formula is C14H18F3N3O2. The molecule has 2 rings (SSSR count). The summed E-state index contributed by atoms with van der Waals surface area (Å²) in [6, 6.07) is 0.214. The molecule has 0 bridgehead atoms. The van der Waals surface area contributed by atoms with E-state index in [9.17, 15) is 22.8 Å². The lowest BCUT2D eigenvalue weighted by Gasteiger charge is -2.31. The van der Waals surface area contributed by atoms with E-state index in [2.05, 4.69) is 10.6 Å². The predicted octanol–water partition coefficient (Wildman–Crippen LogP) is 1.88. The number of nitrogens with zero attached hydrogens (tertiary/aromatic N) is 1. The third-order valence-corrected chi connectivity index (χ3v) is 3.69. The number of carbonyl (C=O) groups is 1. The van der Waals surface area contributed by atoms with E-state index in [1.807, 2.05) is 0 Å². The van der Waals surface area contributed by atoms with Gasteiger partial charge in [-0.2, -0.15) is 13.2 Å². The maximum atomic E-state index is 12.7. The third-order valence-electron chi connectivity index (χ3n) is 3.69. The lowest BCUT2D eigenvalue weighted by molar-refractivity contribution is -0.164. The van der Waals surface area contributed by atoms with E-state index in [0.717, 1.165) is 0 Å². The number of anilines is 1. The zero-order valence-electron chi connectivity index (χ0n) is 12.1. The van der Waals surface area contributed by atoms with Gasteiger partial charge in [0.1, 0.15) is 6.04 Å². The Hall–Kier alpha value is -1.83. The van der Waals surface area contributed by atoms with Crippen LogP contribution in [0.2, 0.25) is 0 Å². The molecule has 1 saturated heterocycles. The van der Waals surface area contributed by atoms with Gasteiger partial charge in [0.15, 0.2) is 0 Å². The van der Waals surface area contributed by atoms with Crippen LogP contribution in [-0.4, -0.2) is 28.7 Å². The number of piperidine rings is 1. The fourth-order valence-electron chi connectivity index (χ4n) is 2.48. The summed E-state index contributed by atoms with van der Waals surface area (Å²) in [5, 5.41) is 4.90. The summed E-state index contributed by atoms with van der Waals surface area (Å²) in [5.41, 5.74) is 0.191. The molecule has 1 aromatic rings. The predicted molar refractivity (Wildman–Crippen MR) is 75.6 cm³/mol. The lowest BCUT2D eigenvalue weighted by atomic mass is 9.97. The van der Waals surface area contributed by atoms with Gasteiger partial charge in [-0.15, -0.1) is 0 Å². The number of pyridine rings is 1. The van der Waals surface area contributed by atoms with E-state index in [1.54, 1.807) is 6.92 Å². The molecule has 2 unspecified atom stereocenters. The minimum Gasteiger partial charge on any atom is -0.323 e. The Labute approximate surface area is 125 Å². The smallest absolute Gasteiger partial charge is 0.323 e. The van der Waals surface area contributed by atoms with Crippen molar-refractivity contribution in [2.45, 2.75) is 51.0 Å². The number of rotatable bonds is 3. The van der Waals surface area contributed by atoms with Crippen LogP contribution in [0.4, 0.5) is 18.9 Å². The Morgan fingerprint density at radius 2 is 2.14 bits per heavy atom.